The average Bonchev–Trinajstić information content (AvgIpc) is 2.88. The molecule has 0 radical (unpaired) electrons. The van der Waals surface area contributed by atoms with E-state index in [1.165, 1.54) is 0 Å². The van der Waals surface area contributed by atoms with E-state index in [9.17, 15) is 4.79 Å². The number of carbonyl (C=O) groups excluding carboxylic acids is 1. The first-order valence-electron chi connectivity index (χ1n) is 6.38. The van der Waals surface area contributed by atoms with Crippen LogP contribution in [0.3, 0.4) is 0 Å². The number of hydrogen-bond acceptors (Lipinski definition) is 2. The van der Waals surface area contributed by atoms with Crippen molar-refractivity contribution in [2.75, 3.05) is 0 Å². The van der Waals surface area contributed by atoms with E-state index in [4.69, 9.17) is 4.42 Å². The Bertz CT molecular complexity index is 524. The summed E-state index contributed by atoms with van der Waals surface area (Å²) in [6.45, 7) is 6.22. The molecule has 0 spiro atoms. The van der Waals surface area contributed by atoms with Gasteiger partial charge in [-0.05, 0) is 29.7 Å². The summed E-state index contributed by atoms with van der Waals surface area (Å²) in [6.07, 6.45) is 1.63. The number of carbonyl (C=O) groups is 1. The Morgan fingerprint density at radius 1 is 1.11 bits per heavy atom. The molecular weight excluding hydrogens is 238 g/mol. The molecule has 19 heavy (non-hydrogen) atoms. The molecule has 1 atom stereocenters. The van der Waals surface area contributed by atoms with Crippen molar-refractivity contribution >= 4 is 5.91 Å². The first kappa shape index (κ1) is 13.4. The minimum absolute atomic E-state index is 0.0862. The standard InChI is InChI=1S/C16H19NO2/c1-16(2,3)14(13-10-7-11-19-13)17-15(18)12-8-5-4-6-9-12/h4-11,14H,1-3H3,(H,17,18)/t14-/m1/s1. The quantitative estimate of drug-likeness (QED) is 0.908. The van der Waals surface area contributed by atoms with Crippen LogP contribution in [0.2, 0.25) is 0 Å². The molecule has 3 nitrogen and oxygen atoms in total. The number of amides is 1. The molecule has 0 unspecified atom stereocenters. The van der Waals surface area contributed by atoms with Crippen molar-refractivity contribution in [1.29, 1.82) is 0 Å². The summed E-state index contributed by atoms with van der Waals surface area (Å²) in [5.41, 5.74) is 0.533. The molecule has 1 heterocycles. The highest BCUT2D eigenvalue weighted by Gasteiger charge is 2.30. The summed E-state index contributed by atoms with van der Waals surface area (Å²) in [4.78, 5) is 12.2. The van der Waals surface area contributed by atoms with E-state index in [0.29, 0.717) is 5.56 Å². The van der Waals surface area contributed by atoms with Crippen molar-refractivity contribution in [3.63, 3.8) is 0 Å². The highest BCUT2D eigenvalue weighted by molar-refractivity contribution is 5.94. The molecule has 3 heteroatoms. The van der Waals surface area contributed by atoms with Gasteiger partial charge in [0.05, 0.1) is 12.3 Å². The minimum Gasteiger partial charge on any atom is -0.467 e. The van der Waals surface area contributed by atoms with Crippen LogP contribution in [-0.2, 0) is 0 Å². The predicted molar refractivity (Wildman–Crippen MR) is 74.8 cm³/mol. The molecule has 0 bridgehead atoms. The molecular formula is C16H19NO2. The second-order valence-electron chi connectivity index (χ2n) is 5.65. The maximum atomic E-state index is 12.2. The molecule has 1 N–H and O–H groups in total. The monoisotopic (exact) mass is 257 g/mol. The fourth-order valence-electron chi connectivity index (χ4n) is 1.97. The van der Waals surface area contributed by atoms with Crippen molar-refractivity contribution in [1.82, 2.24) is 5.32 Å². The van der Waals surface area contributed by atoms with Crippen molar-refractivity contribution in [2.45, 2.75) is 26.8 Å². The maximum Gasteiger partial charge on any atom is 0.251 e. The van der Waals surface area contributed by atoms with Gasteiger partial charge < -0.3 is 9.73 Å². The fourth-order valence-corrected chi connectivity index (χ4v) is 1.97. The van der Waals surface area contributed by atoms with Gasteiger partial charge in [0.1, 0.15) is 5.76 Å². The summed E-state index contributed by atoms with van der Waals surface area (Å²) >= 11 is 0. The fraction of sp³-hybridized carbons (Fsp3) is 0.312. The smallest absolute Gasteiger partial charge is 0.251 e. The van der Waals surface area contributed by atoms with Gasteiger partial charge in [-0.2, -0.15) is 0 Å². The second kappa shape index (κ2) is 5.31. The van der Waals surface area contributed by atoms with Crippen molar-refractivity contribution in [3.05, 3.63) is 60.1 Å². The molecule has 0 saturated carbocycles. The first-order valence-corrected chi connectivity index (χ1v) is 6.38. The predicted octanol–water partition coefficient (Wildman–Crippen LogP) is 3.80. The third kappa shape index (κ3) is 3.25. The maximum absolute atomic E-state index is 12.2. The number of hydrogen-bond donors (Lipinski definition) is 1. The van der Waals surface area contributed by atoms with E-state index in [-0.39, 0.29) is 17.4 Å². The van der Waals surface area contributed by atoms with Crippen LogP contribution in [0.4, 0.5) is 0 Å². The van der Waals surface area contributed by atoms with Crippen LogP contribution < -0.4 is 5.32 Å². The Morgan fingerprint density at radius 3 is 2.32 bits per heavy atom. The van der Waals surface area contributed by atoms with Crippen LogP contribution in [-0.4, -0.2) is 5.91 Å². The number of nitrogens with one attached hydrogen (secondary N) is 1. The zero-order valence-electron chi connectivity index (χ0n) is 11.5. The number of furan rings is 1. The van der Waals surface area contributed by atoms with Gasteiger partial charge >= 0.3 is 0 Å². The van der Waals surface area contributed by atoms with Gasteiger partial charge in [0.2, 0.25) is 0 Å². The summed E-state index contributed by atoms with van der Waals surface area (Å²) in [5, 5.41) is 3.04. The SMILES string of the molecule is CC(C)(C)[C@H](NC(=O)c1ccccc1)c1ccco1. The molecule has 0 aliphatic heterocycles. The Labute approximate surface area is 113 Å². The van der Waals surface area contributed by atoms with Gasteiger partial charge in [-0.3, -0.25) is 4.79 Å². The third-order valence-electron chi connectivity index (χ3n) is 3.01. The van der Waals surface area contributed by atoms with Gasteiger partial charge in [0.15, 0.2) is 0 Å². The number of rotatable bonds is 3. The molecule has 2 aromatic rings. The van der Waals surface area contributed by atoms with E-state index >= 15 is 0 Å². The van der Waals surface area contributed by atoms with E-state index < -0.39 is 0 Å². The molecule has 0 fully saturated rings. The molecule has 1 amide bonds. The Kier molecular flexibility index (Phi) is 3.74. The number of benzene rings is 1. The van der Waals surface area contributed by atoms with Crippen molar-refractivity contribution < 1.29 is 9.21 Å². The average molecular weight is 257 g/mol. The largest absolute Gasteiger partial charge is 0.467 e. The Hall–Kier alpha value is -2.03. The van der Waals surface area contributed by atoms with Crippen LogP contribution in [0.15, 0.2) is 53.1 Å². The molecule has 2 rings (SSSR count). The second-order valence-corrected chi connectivity index (χ2v) is 5.65. The summed E-state index contributed by atoms with van der Waals surface area (Å²) in [6, 6.07) is 12.8. The lowest BCUT2D eigenvalue weighted by Crippen LogP contribution is -2.36. The topological polar surface area (TPSA) is 42.2 Å². The van der Waals surface area contributed by atoms with Gasteiger partial charge in [0.25, 0.3) is 5.91 Å². The van der Waals surface area contributed by atoms with E-state index in [1.807, 2.05) is 30.3 Å². The molecule has 0 aliphatic rings. The van der Waals surface area contributed by atoms with E-state index in [0.717, 1.165) is 5.76 Å². The zero-order chi connectivity index (χ0) is 13.9. The summed E-state index contributed by atoms with van der Waals surface area (Å²) in [7, 11) is 0. The highest BCUT2D eigenvalue weighted by Crippen LogP contribution is 2.33. The van der Waals surface area contributed by atoms with Crippen LogP contribution in [0, 0.1) is 5.41 Å². The minimum atomic E-state index is -0.157. The van der Waals surface area contributed by atoms with Crippen LogP contribution >= 0.6 is 0 Å². The molecule has 0 aliphatic carbocycles. The van der Waals surface area contributed by atoms with Crippen LogP contribution in [0.5, 0.6) is 0 Å². The van der Waals surface area contributed by atoms with E-state index in [2.05, 4.69) is 26.1 Å². The van der Waals surface area contributed by atoms with Gasteiger partial charge in [-0.25, -0.2) is 0 Å². The molecule has 100 valence electrons. The lowest BCUT2D eigenvalue weighted by Gasteiger charge is -2.29. The lowest BCUT2D eigenvalue weighted by atomic mass is 9.85. The summed E-state index contributed by atoms with van der Waals surface area (Å²) in [5.74, 6) is 0.689. The summed E-state index contributed by atoms with van der Waals surface area (Å²) < 4.78 is 5.44. The van der Waals surface area contributed by atoms with Crippen LogP contribution in [0.1, 0.15) is 42.9 Å². The van der Waals surface area contributed by atoms with Crippen molar-refractivity contribution in [2.24, 2.45) is 5.41 Å². The highest BCUT2D eigenvalue weighted by atomic mass is 16.3. The lowest BCUT2D eigenvalue weighted by molar-refractivity contribution is 0.0889. The first-order chi connectivity index (χ1) is 8.98. The molecule has 1 aromatic carbocycles. The third-order valence-corrected chi connectivity index (χ3v) is 3.01. The normalized spacial score (nSPS) is 13.0. The van der Waals surface area contributed by atoms with Gasteiger partial charge in [-0.15, -0.1) is 0 Å². The van der Waals surface area contributed by atoms with E-state index in [1.54, 1.807) is 18.4 Å². The zero-order valence-corrected chi connectivity index (χ0v) is 11.5. The van der Waals surface area contributed by atoms with Crippen LogP contribution in [0.25, 0.3) is 0 Å². The Morgan fingerprint density at radius 2 is 1.79 bits per heavy atom. The Balaban J connectivity index is 2.21. The van der Waals surface area contributed by atoms with Gasteiger partial charge in [-0.1, -0.05) is 39.0 Å². The van der Waals surface area contributed by atoms with Crippen molar-refractivity contribution in [3.8, 4) is 0 Å². The molecule has 0 saturated heterocycles. The molecule has 1 aromatic heterocycles. The van der Waals surface area contributed by atoms with Gasteiger partial charge in [0, 0.05) is 5.56 Å².